The summed E-state index contributed by atoms with van der Waals surface area (Å²) in [6.45, 7) is 2.11. The lowest BCUT2D eigenvalue weighted by molar-refractivity contribution is -0.384. The zero-order chi connectivity index (χ0) is 25.0. The summed E-state index contributed by atoms with van der Waals surface area (Å²) in [6, 6.07) is 21.8. The summed E-state index contributed by atoms with van der Waals surface area (Å²) in [4.78, 5) is 42.6. The summed E-state index contributed by atoms with van der Waals surface area (Å²) in [7, 11) is 0. The third-order valence-corrected chi connectivity index (χ3v) is 6.19. The van der Waals surface area contributed by atoms with Crippen LogP contribution in [0, 0.1) is 10.1 Å². The number of rotatable bonds is 12. The van der Waals surface area contributed by atoms with Crippen molar-refractivity contribution in [3.63, 3.8) is 0 Å². The summed E-state index contributed by atoms with van der Waals surface area (Å²) >= 11 is 1.43. The Morgan fingerprint density at radius 3 is 2.09 bits per heavy atom. The van der Waals surface area contributed by atoms with E-state index in [1.807, 2.05) is 12.1 Å². The number of Topliss-reactive ketones (excluding diaryl/α,β-unsaturated/α-hetero) is 1. The Kier molecular flexibility index (Phi) is 9.74. The van der Waals surface area contributed by atoms with Gasteiger partial charge in [0.2, 0.25) is 5.78 Å². The molecule has 0 bridgehead atoms. The molecular formula is C27H26N2O5S. The van der Waals surface area contributed by atoms with E-state index in [0.29, 0.717) is 17.5 Å². The second kappa shape index (κ2) is 13.2. The summed E-state index contributed by atoms with van der Waals surface area (Å²) < 4.78 is 0. The van der Waals surface area contributed by atoms with Gasteiger partial charge in [-0.3, -0.25) is 14.9 Å². The molecule has 0 unspecified atom stereocenters. The Balaban J connectivity index is 1.70. The predicted molar refractivity (Wildman–Crippen MR) is 136 cm³/mol. The second-order valence-corrected chi connectivity index (χ2v) is 8.95. The molecule has 0 aliphatic carbocycles. The summed E-state index contributed by atoms with van der Waals surface area (Å²) in [5.74, 6) is -0.895. The molecule has 0 spiro atoms. The Bertz CT molecular complexity index is 1180. The van der Waals surface area contributed by atoms with E-state index in [2.05, 4.69) is 12.1 Å². The minimum Gasteiger partial charge on any atom is -0.312 e. The van der Waals surface area contributed by atoms with Crippen LogP contribution in [0.5, 0.6) is 0 Å². The van der Waals surface area contributed by atoms with Crippen molar-refractivity contribution in [2.45, 2.75) is 48.8 Å². The molecule has 0 fully saturated rings. The van der Waals surface area contributed by atoms with Crippen molar-refractivity contribution in [1.82, 2.24) is 0 Å². The number of oxime groups is 1. The topological polar surface area (TPSA) is 98.9 Å². The molecule has 0 aliphatic heterocycles. The molecule has 0 radical (unpaired) electrons. The molecule has 0 amide bonds. The Morgan fingerprint density at radius 1 is 0.857 bits per heavy atom. The fraction of sp³-hybridized carbons (Fsp3) is 0.222. The molecule has 0 atom stereocenters. The number of nitro benzene ring substituents is 1. The lowest BCUT2D eigenvalue weighted by Crippen LogP contribution is -2.16. The number of nitrogens with zero attached hydrogens (tertiary/aromatic N) is 2. The van der Waals surface area contributed by atoms with Gasteiger partial charge in [0.15, 0.2) is 0 Å². The van der Waals surface area contributed by atoms with Crippen LogP contribution in [0.15, 0.2) is 93.8 Å². The van der Waals surface area contributed by atoms with Gasteiger partial charge in [0.25, 0.3) is 5.69 Å². The first kappa shape index (κ1) is 25.8. The maximum Gasteiger partial charge on any atom is 0.365 e. The van der Waals surface area contributed by atoms with E-state index in [9.17, 15) is 19.7 Å². The molecule has 8 heteroatoms. The Morgan fingerprint density at radius 2 is 1.49 bits per heavy atom. The minimum absolute atomic E-state index is 0.0361. The lowest BCUT2D eigenvalue weighted by atomic mass is 10.0. The zero-order valence-corrected chi connectivity index (χ0v) is 20.2. The SMILES string of the molecule is CCCCCCC(=NOC(=O)c1ccccc1)C(=O)c1ccc(Sc2ccc([N+](=O)[O-])cc2)cc1. The molecule has 7 nitrogen and oxygen atoms in total. The fourth-order valence-corrected chi connectivity index (χ4v) is 4.07. The number of carbonyl (C=O) groups is 2. The highest BCUT2D eigenvalue weighted by Gasteiger charge is 2.17. The van der Waals surface area contributed by atoms with Crippen molar-refractivity contribution in [3.05, 3.63) is 100 Å². The molecule has 3 rings (SSSR count). The van der Waals surface area contributed by atoms with Gasteiger partial charge in [0.05, 0.1) is 10.5 Å². The normalized spacial score (nSPS) is 11.2. The van der Waals surface area contributed by atoms with Crippen LogP contribution in [0.25, 0.3) is 0 Å². The molecule has 0 aromatic heterocycles. The van der Waals surface area contributed by atoms with Crippen LogP contribution in [0.3, 0.4) is 0 Å². The largest absolute Gasteiger partial charge is 0.365 e. The number of unbranched alkanes of at least 4 members (excludes halogenated alkanes) is 3. The molecular weight excluding hydrogens is 464 g/mol. The molecule has 0 saturated heterocycles. The first-order chi connectivity index (χ1) is 17.0. The maximum atomic E-state index is 13.1. The van der Waals surface area contributed by atoms with Crippen LogP contribution in [-0.2, 0) is 4.84 Å². The van der Waals surface area contributed by atoms with Gasteiger partial charge in [-0.1, -0.05) is 61.3 Å². The summed E-state index contributed by atoms with van der Waals surface area (Å²) in [5.41, 5.74) is 1.06. The van der Waals surface area contributed by atoms with Gasteiger partial charge >= 0.3 is 5.97 Å². The van der Waals surface area contributed by atoms with Crippen molar-refractivity contribution in [2.24, 2.45) is 5.16 Å². The zero-order valence-electron chi connectivity index (χ0n) is 19.4. The van der Waals surface area contributed by atoms with Crippen molar-refractivity contribution >= 4 is 34.9 Å². The van der Waals surface area contributed by atoms with Gasteiger partial charge in [-0.2, -0.15) is 0 Å². The minimum atomic E-state index is -0.612. The average Bonchev–Trinajstić information content (AvgIpc) is 2.89. The number of nitro groups is 1. The molecule has 3 aromatic carbocycles. The van der Waals surface area contributed by atoms with E-state index in [-0.39, 0.29) is 17.2 Å². The molecule has 0 heterocycles. The Hall–Kier alpha value is -3.78. The maximum absolute atomic E-state index is 13.1. The molecule has 180 valence electrons. The Labute approximate surface area is 208 Å². The standard InChI is InChI=1S/C27H26N2O5S/c1-2-3-4-8-11-25(28-34-27(31)21-9-6-5-7-10-21)26(30)20-12-16-23(17-13-20)35-24-18-14-22(15-19-24)29(32)33/h5-7,9-10,12-19H,2-4,8,11H2,1H3. The van der Waals surface area contributed by atoms with E-state index in [0.717, 1.165) is 35.5 Å². The van der Waals surface area contributed by atoms with Gasteiger partial charge in [0, 0.05) is 27.5 Å². The van der Waals surface area contributed by atoms with E-state index < -0.39 is 10.9 Å². The first-order valence-corrected chi connectivity index (χ1v) is 12.2. The summed E-state index contributed by atoms with van der Waals surface area (Å²) in [5, 5.41) is 14.8. The number of hydrogen-bond acceptors (Lipinski definition) is 7. The molecule has 0 saturated carbocycles. The number of non-ortho nitro benzene ring substituents is 1. The van der Waals surface area contributed by atoms with Crippen LogP contribution in [0.2, 0.25) is 0 Å². The van der Waals surface area contributed by atoms with Crippen LogP contribution < -0.4 is 0 Å². The van der Waals surface area contributed by atoms with Gasteiger partial charge in [0.1, 0.15) is 5.71 Å². The predicted octanol–water partition coefficient (Wildman–Crippen LogP) is 7.11. The monoisotopic (exact) mass is 490 g/mol. The van der Waals surface area contributed by atoms with E-state index >= 15 is 0 Å². The van der Waals surface area contributed by atoms with Crippen molar-refractivity contribution in [3.8, 4) is 0 Å². The third-order valence-electron chi connectivity index (χ3n) is 5.18. The summed E-state index contributed by atoms with van der Waals surface area (Å²) in [6.07, 6.45) is 4.27. The number of hydrogen-bond donors (Lipinski definition) is 0. The molecule has 3 aromatic rings. The molecule has 0 aliphatic rings. The highest BCUT2D eigenvalue weighted by atomic mass is 32.2. The first-order valence-electron chi connectivity index (χ1n) is 11.4. The fourth-order valence-electron chi connectivity index (χ4n) is 3.26. The highest BCUT2D eigenvalue weighted by molar-refractivity contribution is 7.99. The van der Waals surface area contributed by atoms with Gasteiger partial charge < -0.3 is 4.84 Å². The van der Waals surface area contributed by atoms with E-state index in [4.69, 9.17) is 4.84 Å². The van der Waals surface area contributed by atoms with Gasteiger partial charge in [-0.15, -0.1) is 0 Å². The average molecular weight is 491 g/mol. The second-order valence-electron chi connectivity index (χ2n) is 7.80. The van der Waals surface area contributed by atoms with Crippen molar-refractivity contribution < 1.29 is 19.3 Å². The van der Waals surface area contributed by atoms with E-state index in [1.54, 1.807) is 54.6 Å². The number of benzene rings is 3. The lowest BCUT2D eigenvalue weighted by Gasteiger charge is -2.07. The van der Waals surface area contributed by atoms with Crippen LogP contribution in [-0.4, -0.2) is 22.4 Å². The van der Waals surface area contributed by atoms with Crippen LogP contribution >= 0.6 is 11.8 Å². The van der Waals surface area contributed by atoms with Crippen LogP contribution in [0.1, 0.15) is 59.7 Å². The van der Waals surface area contributed by atoms with Gasteiger partial charge in [-0.25, -0.2) is 4.79 Å². The van der Waals surface area contributed by atoms with Crippen molar-refractivity contribution in [2.75, 3.05) is 0 Å². The van der Waals surface area contributed by atoms with Crippen molar-refractivity contribution in [1.29, 1.82) is 0 Å². The number of ketones is 1. The molecule has 35 heavy (non-hydrogen) atoms. The molecule has 0 N–H and O–H groups in total. The quantitative estimate of drug-likeness (QED) is 0.0670. The van der Waals surface area contributed by atoms with Gasteiger partial charge in [-0.05, 0) is 61.4 Å². The van der Waals surface area contributed by atoms with E-state index in [1.165, 1.54) is 23.9 Å². The van der Waals surface area contributed by atoms with Crippen LogP contribution in [0.4, 0.5) is 5.69 Å². The third kappa shape index (κ3) is 7.89. The number of carbonyl (C=O) groups excluding carboxylic acids is 2. The highest BCUT2D eigenvalue weighted by Crippen LogP contribution is 2.29. The smallest absolute Gasteiger partial charge is 0.312 e.